The molecule has 2 rings (SSSR count). The number of aromatic nitrogens is 1. The first kappa shape index (κ1) is 13.4. The fourth-order valence-electron chi connectivity index (χ4n) is 1.61. The number of nitrogens with zero attached hydrogens (tertiary/aromatic N) is 1. The SMILES string of the molecule is CC(C)(C)NCCCSc1nc2ccccc2o1. The van der Waals surface area contributed by atoms with E-state index in [1.165, 1.54) is 0 Å². The molecule has 0 unspecified atom stereocenters. The Hall–Kier alpha value is -1.00. The number of fused-ring (bicyclic) bond motifs is 1. The molecular weight excluding hydrogens is 244 g/mol. The molecular formula is C14H20N2OS. The average Bonchev–Trinajstić information content (AvgIpc) is 2.69. The molecule has 1 N–H and O–H groups in total. The number of nitrogens with one attached hydrogen (secondary N) is 1. The zero-order valence-electron chi connectivity index (χ0n) is 11.2. The van der Waals surface area contributed by atoms with E-state index >= 15 is 0 Å². The highest BCUT2D eigenvalue weighted by Gasteiger charge is 2.08. The van der Waals surface area contributed by atoms with Crippen molar-refractivity contribution in [2.45, 2.75) is 38.0 Å². The third-order valence-corrected chi connectivity index (χ3v) is 3.39. The minimum absolute atomic E-state index is 0.197. The molecule has 0 radical (unpaired) electrons. The number of thioether (sulfide) groups is 1. The Balaban J connectivity index is 1.77. The second-order valence-corrected chi connectivity index (χ2v) is 6.37. The van der Waals surface area contributed by atoms with E-state index in [2.05, 4.69) is 31.1 Å². The van der Waals surface area contributed by atoms with Gasteiger partial charge in [0.05, 0.1) is 0 Å². The van der Waals surface area contributed by atoms with Crippen LogP contribution in [-0.2, 0) is 0 Å². The van der Waals surface area contributed by atoms with Crippen LogP contribution in [0, 0.1) is 0 Å². The van der Waals surface area contributed by atoms with Gasteiger partial charge in [0, 0.05) is 11.3 Å². The van der Waals surface area contributed by atoms with Crippen LogP contribution in [0.4, 0.5) is 0 Å². The number of rotatable bonds is 5. The second kappa shape index (κ2) is 5.76. The van der Waals surface area contributed by atoms with Crippen molar-refractivity contribution in [2.24, 2.45) is 0 Å². The lowest BCUT2D eigenvalue weighted by Gasteiger charge is -2.20. The number of oxazole rings is 1. The predicted molar refractivity (Wildman–Crippen MR) is 77.1 cm³/mol. The summed E-state index contributed by atoms with van der Waals surface area (Å²) in [5.74, 6) is 1.02. The minimum Gasteiger partial charge on any atom is -0.431 e. The highest BCUT2D eigenvalue weighted by atomic mass is 32.2. The molecule has 0 saturated heterocycles. The molecule has 0 atom stereocenters. The van der Waals surface area contributed by atoms with Gasteiger partial charge < -0.3 is 9.73 Å². The molecule has 2 aromatic rings. The van der Waals surface area contributed by atoms with Gasteiger partial charge in [0.1, 0.15) is 5.52 Å². The first-order valence-corrected chi connectivity index (χ1v) is 7.26. The average molecular weight is 264 g/mol. The maximum atomic E-state index is 5.65. The van der Waals surface area contributed by atoms with Crippen molar-refractivity contribution in [1.29, 1.82) is 0 Å². The van der Waals surface area contributed by atoms with Gasteiger partial charge in [-0.1, -0.05) is 23.9 Å². The molecule has 0 aliphatic rings. The van der Waals surface area contributed by atoms with E-state index in [4.69, 9.17) is 4.42 Å². The summed E-state index contributed by atoms with van der Waals surface area (Å²) in [6.07, 6.45) is 1.11. The van der Waals surface area contributed by atoms with E-state index in [0.29, 0.717) is 0 Å². The Bertz CT molecular complexity index is 469. The van der Waals surface area contributed by atoms with Crippen LogP contribution in [0.3, 0.4) is 0 Å². The van der Waals surface area contributed by atoms with Crippen LogP contribution < -0.4 is 5.32 Å². The van der Waals surface area contributed by atoms with Crippen molar-refractivity contribution < 1.29 is 4.42 Å². The molecule has 0 spiro atoms. The Kier molecular flexibility index (Phi) is 4.30. The van der Waals surface area contributed by atoms with E-state index < -0.39 is 0 Å². The number of hydrogen-bond acceptors (Lipinski definition) is 4. The molecule has 4 heteroatoms. The first-order valence-electron chi connectivity index (χ1n) is 6.28. The molecule has 18 heavy (non-hydrogen) atoms. The third-order valence-electron chi connectivity index (χ3n) is 2.48. The topological polar surface area (TPSA) is 38.1 Å². The van der Waals surface area contributed by atoms with E-state index in [0.717, 1.165) is 35.0 Å². The Morgan fingerprint density at radius 2 is 2.06 bits per heavy atom. The Labute approximate surface area is 112 Å². The predicted octanol–water partition coefficient (Wildman–Crippen LogP) is 3.70. The van der Waals surface area contributed by atoms with Crippen LogP contribution >= 0.6 is 11.8 Å². The molecule has 0 amide bonds. The highest BCUT2D eigenvalue weighted by molar-refractivity contribution is 7.99. The standard InChI is InChI=1S/C14H20N2OS/c1-14(2,3)15-9-6-10-18-13-16-11-7-4-5-8-12(11)17-13/h4-5,7-8,15H,6,9-10H2,1-3H3. The number of benzene rings is 1. The molecule has 0 aliphatic heterocycles. The van der Waals surface area contributed by atoms with Gasteiger partial charge in [0.15, 0.2) is 5.58 Å². The second-order valence-electron chi connectivity index (χ2n) is 5.33. The molecule has 3 nitrogen and oxygen atoms in total. The summed E-state index contributed by atoms with van der Waals surface area (Å²) < 4.78 is 5.65. The van der Waals surface area contributed by atoms with Crippen molar-refractivity contribution in [3.63, 3.8) is 0 Å². The monoisotopic (exact) mass is 264 g/mol. The first-order chi connectivity index (χ1) is 8.54. The van der Waals surface area contributed by atoms with Gasteiger partial charge in [-0.3, -0.25) is 0 Å². The summed E-state index contributed by atoms with van der Waals surface area (Å²) in [5, 5.41) is 4.24. The molecule has 0 aliphatic carbocycles. The lowest BCUT2D eigenvalue weighted by atomic mass is 10.1. The summed E-state index contributed by atoms with van der Waals surface area (Å²) in [5.41, 5.74) is 2.00. The van der Waals surface area contributed by atoms with Crippen LogP contribution in [0.1, 0.15) is 27.2 Å². The van der Waals surface area contributed by atoms with Gasteiger partial charge in [-0.2, -0.15) is 0 Å². The van der Waals surface area contributed by atoms with Gasteiger partial charge in [0.2, 0.25) is 0 Å². The summed E-state index contributed by atoms with van der Waals surface area (Å²) in [6.45, 7) is 7.57. The molecule has 0 saturated carbocycles. The van der Waals surface area contributed by atoms with Gasteiger partial charge in [0.25, 0.3) is 5.22 Å². The quantitative estimate of drug-likeness (QED) is 0.660. The summed E-state index contributed by atoms with van der Waals surface area (Å²) in [6, 6.07) is 7.87. The van der Waals surface area contributed by atoms with E-state index in [9.17, 15) is 0 Å². The summed E-state index contributed by atoms with van der Waals surface area (Å²) >= 11 is 1.68. The Morgan fingerprint density at radius 3 is 2.78 bits per heavy atom. The van der Waals surface area contributed by atoms with Crippen molar-refractivity contribution in [3.8, 4) is 0 Å². The fourth-order valence-corrected chi connectivity index (χ4v) is 2.38. The van der Waals surface area contributed by atoms with Crippen LogP contribution in [0.15, 0.2) is 33.9 Å². The molecule has 0 bridgehead atoms. The largest absolute Gasteiger partial charge is 0.431 e. The maximum absolute atomic E-state index is 5.65. The molecule has 98 valence electrons. The number of para-hydroxylation sites is 2. The fraction of sp³-hybridized carbons (Fsp3) is 0.500. The van der Waals surface area contributed by atoms with Crippen molar-refractivity contribution in [1.82, 2.24) is 10.3 Å². The van der Waals surface area contributed by atoms with Crippen LogP contribution in [-0.4, -0.2) is 22.8 Å². The van der Waals surface area contributed by atoms with Gasteiger partial charge >= 0.3 is 0 Å². The van der Waals surface area contributed by atoms with Crippen LogP contribution in [0.25, 0.3) is 11.1 Å². The summed E-state index contributed by atoms with van der Waals surface area (Å²) in [7, 11) is 0. The minimum atomic E-state index is 0.197. The maximum Gasteiger partial charge on any atom is 0.256 e. The molecule has 1 aromatic heterocycles. The Morgan fingerprint density at radius 1 is 1.28 bits per heavy atom. The van der Waals surface area contributed by atoms with Crippen LogP contribution in [0.5, 0.6) is 0 Å². The van der Waals surface area contributed by atoms with Crippen molar-refractivity contribution in [3.05, 3.63) is 24.3 Å². The summed E-state index contributed by atoms with van der Waals surface area (Å²) in [4.78, 5) is 4.44. The lowest BCUT2D eigenvalue weighted by Crippen LogP contribution is -2.36. The van der Waals surface area contributed by atoms with Gasteiger partial charge in [-0.15, -0.1) is 0 Å². The van der Waals surface area contributed by atoms with E-state index in [1.807, 2.05) is 24.3 Å². The molecule has 1 heterocycles. The third kappa shape index (κ3) is 4.03. The van der Waals surface area contributed by atoms with Crippen LogP contribution in [0.2, 0.25) is 0 Å². The molecule has 1 aromatic carbocycles. The van der Waals surface area contributed by atoms with Gasteiger partial charge in [-0.25, -0.2) is 4.98 Å². The lowest BCUT2D eigenvalue weighted by molar-refractivity contribution is 0.427. The smallest absolute Gasteiger partial charge is 0.256 e. The van der Waals surface area contributed by atoms with E-state index in [-0.39, 0.29) is 5.54 Å². The zero-order chi connectivity index (χ0) is 13.0. The van der Waals surface area contributed by atoms with Crippen molar-refractivity contribution >= 4 is 22.9 Å². The number of hydrogen-bond donors (Lipinski definition) is 1. The molecule has 0 fully saturated rings. The normalized spacial score (nSPS) is 12.2. The van der Waals surface area contributed by atoms with Gasteiger partial charge in [-0.05, 0) is 45.9 Å². The van der Waals surface area contributed by atoms with Crippen molar-refractivity contribution in [2.75, 3.05) is 12.3 Å². The van der Waals surface area contributed by atoms with E-state index in [1.54, 1.807) is 11.8 Å². The highest BCUT2D eigenvalue weighted by Crippen LogP contribution is 2.23. The zero-order valence-corrected chi connectivity index (χ0v) is 12.0.